The highest BCUT2D eigenvalue weighted by atomic mass is 16.4. The number of anilines is 1. The molecular weight excluding hydrogens is 476 g/mol. The Balaban J connectivity index is 1.49. The van der Waals surface area contributed by atoms with Gasteiger partial charge in [-0.2, -0.15) is 0 Å². The molecule has 0 bridgehead atoms. The summed E-state index contributed by atoms with van der Waals surface area (Å²) in [5.41, 5.74) is 12.4. The Bertz CT molecular complexity index is 1530. The van der Waals surface area contributed by atoms with Crippen molar-refractivity contribution in [2.45, 2.75) is 19.5 Å². The zero-order chi connectivity index (χ0) is 26.6. The average Bonchev–Trinajstić information content (AvgIpc) is 3.34. The van der Waals surface area contributed by atoms with E-state index in [0.717, 1.165) is 35.3 Å². The average molecular weight is 505 g/mol. The Labute approximate surface area is 221 Å². The van der Waals surface area contributed by atoms with Gasteiger partial charge >= 0.3 is 5.97 Å². The van der Waals surface area contributed by atoms with Crippen LogP contribution in [0.15, 0.2) is 91.0 Å². The number of carboxylic acids is 1. The largest absolute Gasteiger partial charge is 0.478 e. The summed E-state index contributed by atoms with van der Waals surface area (Å²) in [7, 11) is 0. The van der Waals surface area contributed by atoms with E-state index in [9.17, 15) is 14.7 Å². The maximum Gasteiger partial charge on any atom is 0.336 e. The van der Waals surface area contributed by atoms with E-state index in [1.807, 2.05) is 60.7 Å². The molecule has 0 atom stereocenters. The Hall–Kier alpha value is -4.91. The Kier molecular flexibility index (Phi) is 6.91. The summed E-state index contributed by atoms with van der Waals surface area (Å²) in [5.74, 6) is -1.20. The number of hydrogen-bond acceptors (Lipinski definition) is 4. The van der Waals surface area contributed by atoms with Gasteiger partial charge in [-0.1, -0.05) is 54.6 Å². The smallest absolute Gasteiger partial charge is 0.336 e. The lowest BCUT2D eigenvalue weighted by Gasteiger charge is -2.22. The van der Waals surface area contributed by atoms with Gasteiger partial charge in [-0.15, -0.1) is 0 Å². The van der Waals surface area contributed by atoms with E-state index in [1.165, 1.54) is 0 Å². The number of nitrogen functional groups attached to an aromatic ring is 1. The Morgan fingerprint density at radius 3 is 2.39 bits per heavy atom. The molecule has 0 unspecified atom stereocenters. The highest BCUT2D eigenvalue weighted by molar-refractivity contribution is 5.99. The van der Waals surface area contributed by atoms with Crippen molar-refractivity contribution in [2.24, 2.45) is 5.73 Å². The Morgan fingerprint density at radius 2 is 1.63 bits per heavy atom. The van der Waals surface area contributed by atoms with Crippen molar-refractivity contribution >= 4 is 23.4 Å². The summed E-state index contributed by atoms with van der Waals surface area (Å²) >= 11 is 0. The van der Waals surface area contributed by atoms with Crippen LogP contribution in [-0.4, -0.2) is 29.4 Å². The maximum atomic E-state index is 13.1. The second-order valence-electron chi connectivity index (χ2n) is 9.32. The quantitative estimate of drug-likeness (QED) is 0.202. The van der Waals surface area contributed by atoms with Gasteiger partial charge in [0.1, 0.15) is 5.84 Å². The number of benzene rings is 4. The molecule has 7 nitrogen and oxygen atoms in total. The molecule has 1 heterocycles. The summed E-state index contributed by atoms with van der Waals surface area (Å²) < 4.78 is 0. The SMILES string of the molecule is N=C(N)c1ccc2c(c1)CCN2Cc1ccc(C(=O)NCc2ccccc2)cc1-c1ccccc1C(=O)O. The lowest BCUT2D eigenvalue weighted by molar-refractivity contribution is 0.0697. The lowest BCUT2D eigenvalue weighted by Crippen LogP contribution is -2.23. The molecule has 0 aliphatic carbocycles. The molecule has 0 saturated heterocycles. The number of rotatable bonds is 8. The van der Waals surface area contributed by atoms with E-state index < -0.39 is 5.97 Å². The molecule has 190 valence electrons. The van der Waals surface area contributed by atoms with Crippen LogP contribution in [0.25, 0.3) is 11.1 Å². The van der Waals surface area contributed by atoms with Crippen LogP contribution in [0.5, 0.6) is 0 Å². The third-order valence-corrected chi connectivity index (χ3v) is 6.86. The molecule has 4 aromatic rings. The van der Waals surface area contributed by atoms with Crippen LogP contribution in [0, 0.1) is 5.41 Å². The highest BCUT2D eigenvalue weighted by Gasteiger charge is 2.23. The summed E-state index contributed by atoms with van der Waals surface area (Å²) in [5, 5.41) is 20.6. The maximum absolute atomic E-state index is 13.1. The van der Waals surface area contributed by atoms with E-state index in [0.29, 0.717) is 35.3 Å². The van der Waals surface area contributed by atoms with Crippen molar-refractivity contribution in [1.29, 1.82) is 5.41 Å². The first-order valence-corrected chi connectivity index (χ1v) is 12.4. The lowest BCUT2D eigenvalue weighted by atomic mass is 9.93. The molecule has 1 aliphatic heterocycles. The van der Waals surface area contributed by atoms with Crippen LogP contribution in [0.4, 0.5) is 5.69 Å². The summed E-state index contributed by atoms with van der Waals surface area (Å²) in [6, 6.07) is 27.8. The van der Waals surface area contributed by atoms with Crippen LogP contribution in [-0.2, 0) is 19.5 Å². The number of aromatic carboxylic acids is 1. The molecule has 5 rings (SSSR count). The fraction of sp³-hybridized carbons (Fsp3) is 0.129. The van der Waals surface area contributed by atoms with Gasteiger partial charge in [0.2, 0.25) is 0 Å². The first kappa shape index (κ1) is 24.8. The van der Waals surface area contributed by atoms with Crippen LogP contribution in [0.3, 0.4) is 0 Å². The number of carboxylic acid groups (broad SMARTS) is 1. The van der Waals surface area contributed by atoms with E-state index >= 15 is 0 Å². The fourth-order valence-corrected chi connectivity index (χ4v) is 4.90. The van der Waals surface area contributed by atoms with Gasteiger partial charge in [-0.25, -0.2) is 4.79 Å². The topological polar surface area (TPSA) is 120 Å². The van der Waals surface area contributed by atoms with Gasteiger partial charge in [0.25, 0.3) is 5.91 Å². The third-order valence-electron chi connectivity index (χ3n) is 6.86. The van der Waals surface area contributed by atoms with Gasteiger partial charge < -0.3 is 21.1 Å². The van der Waals surface area contributed by atoms with Gasteiger partial charge in [0, 0.05) is 36.4 Å². The number of nitrogens with one attached hydrogen (secondary N) is 2. The molecule has 7 heteroatoms. The number of hydrogen-bond donors (Lipinski definition) is 4. The molecule has 1 aliphatic rings. The second kappa shape index (κ2) is 10.6. The zero-order valence-electron chi connectivity index (χ0n) is 20.8. The number of nitrogens with two attached hydrogens (primary N) is 1. The molecule has 0 radical (unpaired) electrons. The number of fused-ring (bicyclic) bond motifs is 1. The minimum absolute atomic E-state index is 0.0416. The van der Waals surface area contributed by atoms with E-state index in [2.05, 4.69) is 10.2 Å². The predicted octanol–water partition coefficient (Wildman–Crippen LogP) is 4.83. The molecule has 4 aromatic carbocycles. The van der Waals surface area contributed by atoms with Gasteiger partial charge in [-0.3, -0.25) is 10.2 Å². The Morgan fingerprint density at radius 1 is 0.895 bits per heavy atom. The van der Waals surface area contributed by atoms with Crippen molar-refractivity contribution in [2.75, 3.05) is 11.4 Å². The number of nitrogens with zero attached hydrogens (tertiary/aromatic N) is 1. The van der Waals surface area contributed by atoms with Crippen LogP contribution < -0.4 is 16.0 Å². The third kappa shape index (κ3) is 5.13. The molecule has 0 spiro atoms. The molecule has 38 heavy (non-hydrogen) atoms. The fourth-order valence-electron chi connectivity index (χ4n) is 4.90. The van der Waals surface area contributed by atoms with Crippen molar-refractivity contribution in [1.82, 2.24) is 5.32 Å². The number of amides is 1. The predicted molar refractivity (Wildman–Crippen MR) is 149 cm³/mol. The van der Waals surface area contributed by atoms with Crippen LogP contribution in [0.1, 0.15) is 43.0 Å². The monoisotopic (exact) mass is 504 g/mol. The molecule has 0 saturated carbocycles. The van der Waals surface area contributed by atoms with Gasteiger partial charge in [0.05, 0.1) is 5.56 Å². The van der Waals surface area contributed by atoms with E-state index in [4.69, 9.17) is 11.1 Å². The van der Waals surface area contributed by atoms with Crippen molar-refractivity contribution in [3.63, 3.8) is 0 Å². The van der Waals surface area contributed by atoms with E-state index in [-0.39, 0.29) is 17.3 Å². The second-order valence-corrected chi connectivity index (χ2v) is 9.32. The van der Waals surface area contributed by atoms with Crippen LogP contribution >= 0.6 is 0 Å². The van der Waals surface area contributed by atoms with E-state index in [1.54, 1.807) is 30.3 Å². The van der Waals surface area contributed by atoms with Gasteiger partial charge in [-0.05, 0) is 70.6 Å². The zero-order valence-corrected chi connectivity index (χ0v) is 20.8. The molecule has 0 aromatic heterocycles. The van der Waals surface area contributed by atoms with Crippen molar-refractivity contribution < 1.29 is 14.7 Å². The molecule has 0 fully saturated rings. The number of amidine groups is 1. The summed E-state index contributed by atoms with van der Waals surface area (Å²) in [4.78, 5) is 27.4. The number of carbonyl (C=O) groups excluding carboxylic acids is 1. The molecular formula is C31H28N4O3. The summed E-state index contributed by atoms with van der Waals surface area (Å²) in [6.07, 6.45) is 0.831. The first-order valence-electron chi connectivity index (χ1n) is 12.4. The summed E-state index contributed by atoms with van der Waals surface area (Å²) in [6.45, 7) is 1.73. The minimum atomic E-state index is -1.02. The van der Waals surface area contributed by atoms with Crippen molar-refractivity contribution in [3.05, 3.63) is 124 Å². The van der Waals surface area contributed by atoms with Gasteiger partial charge in [0.15, 0.2) is 0 Å². The molecule has 5 N–H and O–H groups in total. The highest BCUT2D eigenvalue weighted by Crippen LogP contribution is 2.34. The van der Waals surface area contributed by atoms with Crippen LogP contribution in [0.2, 0.25) is 0 Å². The first-order chi connectivity index (χ1) is 18.4. The molecule has 1 amide bonds. The van der Waals surface area contributed by atoms with Crippen molar-refractivity contribution in [3.8, 4) is 11.1 Å². The normalized spacial score (nSPS) is 12.2. The number of carbonyl (C=O) groups is 2. The minimum Gasteiger partial charge on any atom is -0.478 e. The standard InChI is InChI=1S/C31H28N4O3/c32-29(33)22-12-13-28-21(16-22)14-15-35(28)19-24-11-10-23(30(36)34-18-20-6-2-1-3-7-20)17-27(24)25-8-4-5-9-26(25)31(37)38/h1-13,16-17H,14-15,18-19H2,(H3,32,33)(H,34,36)(H,37,38).